The Kier molecular flexibility index (Phi) is 6.55. The van der Waals surface area contributed by atoms with E-state index in [1.54, 1.807) is 6.92 Å². The Morgan fingerprint density at radius 2 is 1.94 bits per heavy atom. The SMILES string of the molecule is CCn1c(=O)nc(N(CC(F)F)c2cc(F)cc(C#CC(C)(C)O)c2)c2c(F)cccc21. The van der Waals surface area contributed by atoms with E-state index in [1.165, 1.54) is 36.6 Å². The van der Waals surface area contributed by atoms with Gasteiger partial charge in [0, 0.05) is 17.8 Å². The van der Waals surface area contributed by atoms with Gasteiger partial charge in [0.2, 0.25) is 0 Å². The van der Waals surface area contributed by atoms with Crippen molar-refractivity contribution in [3.05, 3.63) is 64.1 Å². The summed E-state index contributed by atoms with van der Waals surface area (Å²) in [6.45, 7) is 3.77. The number of anilines is 2. The Labute approximate surface area is 181 Å². The molecule has 32 heavy (non-hydrogen) atoms. The van der Waals surface area contributed by atoms with Gasteiger partial charge in [0.05, 0.1) is 17.4 Å². The van der Waals surface area contributed by atoms with E-state index >= 15 is 0 Å². The molecule has 1 N–H and O–H groups in total. The molecule has 5 nitrogen and oxygen atoms in total. The summed E-state index contributed by atoms with van der Waals surface area (Å²) in [4.78, 5) is 17.3. The highest BCUT2D eigenvalue weighted by molar-refractivity contribution is 5.92. The van der Waals surface area contributed by atoms with Crippen molar-refractivity contribution < 1.29 is 22.7 Å². The number of aromatic nitrogens is 2. The van der Waals surface area contributed by atoms with Gasteiger partial charge in [-0.2, -0.15) is 4.98 Å². The van der Waals surface area contributed by atoms with Crippen molar-refractivity contribution in [2.45, 2.75) is 39.3 Å². The van der Waals surface area contributed by atoms with E-state index in [4.69, 9.17) is 0 Å². The van der Waals surface area contributed by atoms with Crippen molar-refractivity contribution in [3.63, 3.8) is 0 Å². The van der Waals surface area contributed by atoms with Gasteiger partial charge >= 0.3 is 5.69 Å². The van der Waals surface area contributed by atoms with Crippen LogP contribution in [-0.2, 0) is 6.54 Å². The lowest BCUT2D eigenvalue weighted by Crippen LogP contribution is -2.31. The van der Waals surface area contributed by atoms with Crippen LogP contribution in [0.5, 0.6) is 0 Å². The monoisotopic (exact) mass is 447 g/mol. The number of rotatable bonds is 5. The van der Waals surface area contributed by atoms with E-state index < -0.39 is 35.9 Å². The van der Waals surface area contributed by atoms with Crippen LogP contribution < -0.4 is 10.6 Å². The van der Waals surface area contributed by atoms with Crippen LogP contribution in [0.15, 0.2) is 41.2 Å². The predicted molar refractivity (Wildman–Crippen MR) is 114 cm³/mol. The number of fused-ring (bicyclic) bond motifs is 1. The highest BCUT2D eigenvalue weighted by Crippen LogP contribution is 2.33. The van der Waals surface area contributed by atoms with Crippen molar-refractivity contribution in [1.82, 2.24) is 9.55 Å². The van der Waals surface area contributed by atoms with E-state index in [0.717, 1.165) is 23.1 Å². The van der Waals surface area contributed by atoms with Crippen LogP contribution in [-0.4, -0.2) is 33.2 Å². The Bertz CT molecular complexity index is 1270. The molecule has 2 aromatic carbocycles. The van der Waals surface area contributed by atoms with Crippen LogP contribution >= 0.6 is 0 Å². The van der Waals surface area contributed by atoms with Gasteiger partial charge in [0.1, 0.15) is 17.2 Å². The molecule has 3 aromatic rings. The van der Waals surface area contributed by atoms with Gasteiger partial charge in [0.15, 0.2) is 5.82 Å². The second kappa shape index (κ2) is 9.01. The number of hydrogen-bond acceptors (Lipinski definition) is 4. The Morgan fingerprint density at radius 1 is 1.22 bits per heavy atom. The number of aryl methyl sites for hydroxylation is 1. The van der Waals surface area contributed by atoms with Crippen LogP contribution in [0.4, 0.5) is 29.1 Å². The highest BCUT2D eigenvalue weighted by Gasteiger charge is 2.23. The standard InChI is InChI=1S/C23H21F4N3O2/c1-4-29-18-7-5-6-17(25)20(18)21(28-22(29)31)30(13-19(26)27)16-11-14(10-15(24)12-16)8-9-23(2,3)32/h5-7,10-12,19,32H,4,13H2,1-3H3. The maximum Gasteiger partial charge on any atom is 0.350 e. The number of alkyl halides is 2. The first-order valence-electron chi connectivity index (χ1n) is 9.81. The molecule has 9 heteroatoms. The van der Waals surface area contributed by atoms with Crippen molar-refractivity contribution in [2.75, 3.05) is 11.4 Å². The minimum atomic E-state index is -2.90. The number of halogens is 4. The summed E-state index contributed by atoms with van der Waals surface area (Å²) in [7, 11) is 0. The zero-order valence-electron chi connectivity index (χ0n) is 17.7. The molecule has 1 aromatic heterocycles. The molecular formula is C23H21F4N3O2. The summed E-state index contributed by atoms with van der Waals surface area (Å²) in [5, 5.41) is 9.65. The first-order chi connectivity index (χ1) is 15.0. The molecule has 3 rings (SSSR count). The van der Waals surface area contributed by atoms with E-state index in [-0.39, 0.29) is 34.5 Å². The molecule has 0 aliphatic rings. The fourth-order valence-corrected chi connectivity index (χ4v) is 3.25. The van der Waals surface area contributed by atoms with Crippen molar-refractivity contribution in [3.8, 4) is 11.8 Å². The zero-order valence-corrected chi connectivity index (χ0v) is 17.7. The number of nitrogens with zero attached hydrogens (tertiary/aromatic N) is 3. The molecule has 0 saturated carbocycles. The van der Waals surface area contributed by atoms with Crippen LogP contribution in [0.25, 0.3) is 10.9 Å². The number of benzene rings is 2. The lowest BCUT2D eigenvalue weighted by molar-refractivity contribution is 0.143. The molecule has 0 aliphatic heterocycles. The third kappa shape index (κ3) is 5.08. The lowest BCUT2D eigenvalue weighted by Gasteiger charge is -2.26. The summed E-state index contributed by atoms with van der Waals surface area (Å²) >= 11 is 0. The van der Waals surface area contributed by atoms with Crippen LogP contribution in [0.2, 0.25) is 0 Å². The first-order valence-corrected chi connectivity index (χ1v) is 9.81. The van der Waals surface area contributed by atoms with Crippen molar-refractivity contribution >= 4 is 22.4 Å². The molecular weight excluding hydrogens is 426 g/mol. The van der Waals surface area contributed by atoms with Gasteiger partial charge in [-0.25, -0.2) is 22.4 Å². The smallest absolute Gasteiger partial charge is 0.350 e. The van der Waals surface area contributed by atoms with Crippen molar-refractivity contribution in [1.29, 1.82) is 0 Å². The second-order valence-corrected chi connectivity index (χ2v) is 7.61. The summed E-state index contributed by atoms with van der Waals surface area (Å²) in [6, 6.07) is 7.37. The second-order valence-electron chi connectivity index (χ2n) is 7.61. The predicted octanol–water partition coefficient (Wildman–Crippen LogP) is 4.22. The summed E-state index contributed by atoms with van der Waals surface area (Å²) < 4.78 is 57.4. The van der Waals surface area contributed by atoms with Gasteiger partial charge in [-0.3, -0.25) is 4.57 Å². The molecule has 0 aliphatic carbocycles. The Morgan fingerprint density at radius 3 is 2.56 bits per heavy atom. The zero-order chi connectivity index (χ0) is 23.6. The first kappa shape index (κ1) is 23.3. The largest absolute Gasteiger partial charge is 0.378 e. The minimum Gasteiger partial charge on any atom is -0.378 e. The van der Waals surface area contributed by atoms with Gasteiger partial charge in [-0.1, -0.05) is 17.9 Å². The normalized spacial score (nSPS) is 11.5. The van der Waals surface area contributed by atoms with Crippen LogP contribution in [0, 0.1) is 23.5 Å². The fourth-order valence-electron chi connectivity index (χ4n) is 3.25. The summed E-state index contributed by atoms with van der Waals surface area (Å²) in [6.07, 6.45) is -2.90. The topological polar surface area (TPSA) is 58.4 Å². The van der Waals surface area contributed by atoms with Crippen LogP contribution in [0.1, 0.15) is 26.3 Å². The molecule has 0 fully saturated rings. The molecule has 0 radical (unpaired) electrons. The molecule has 0 spiro atoms. The van der Waals surface area contributed by atoms with E-state index in [9.17, 15) is 27.5 Å². The maximum atomic E-state index is 14.8. The average Bonchev–Trinajstić information content (AvgIpc) is 2.69. The third-order valence-corrected chi connectivity index (χ3v) is 4.54. The van der Waals surface area contributed by atoms with Gasteiger partial charge in [-0.15, -0.1) is 0 Å². The van der Waals surface area contributed by atoms with E-state index in [0.29, 0.717) is 0 Å². The minimum absolute atomic E-state index is 0.0870. The van der Waals surface area contributed by atoms with Crippen LogP contribution in [0.3, 0.4) is 0 Å². The Balaban J connectivity index is 2.30. The van der Waals surface area contributed by atoms with E-state index in [2.05, 4.69) is 16.8 Å². The maximum absolute atomic E-state index is 14.8. The lowest BCUT2D eigenvalue weighted by atomic mass is 10.1. The summed E-state index contributed by atoms with van der Waals surface area (Å²) in [5.41, 5.74) is -1.91. The Hall–Kier alpha value is -3.38. The van der Waals surface area contributed by atoms with Gasteiger partial charge < -0.3 is 10.0 Å². The summed E-state index contributed by atoms with van der Waals surface area (Å²) in [5.74, 6) is 3.22. The molecule has 0 bridgehead atoms. The number of hydrogen-bond donors (Lipinski definition) is 1. The average molecular weight is 447 g/mol. The molecule has 0 saturated heterocycles. The molecule has 0 amide bonds. The molecule has 168 valence electrons. The highest BCUT2D eigenvalue weighted by atomic mass is 19.3. The van der Waals surface area contributed by atoms with Gasteiger partial charge in [0.25, 0.3) is 6.43 Å². The molecule has 0 atom stereocenters. The van der Waals surface area contributed by atoms with Gasteiger partial charge in [-0.05, 0) is 51.1 Å². The third-order valence-electron chi connectivity index (χ3n) is 4.54. The van der Waals surface area contributed by atoms with E-state index in [1.807, 2.05) is 0 Å². The molecule has 0 unspecified atom stereocenters. The van der Waals surface area contributed by atoms with Crippen molar-refractivity contribution in [2.24, 2.45) is 0 Å². The fraction of sp³-hybridized carbons (Fsp3) is 0.304. The number of aliphatic hydroxyl groups is 1. The molecule has 1 heterocycles. The quantitative estimate of drug-likeness (QED) is 0.470.